The average Bonchev–Trinajstić information content (AvgIpc) is 2.58. The summed E-state index contributed by atoms with van der Waals surface area (Å²) in [6.07, 6.45) is 1.51. The zero-order chi connectivity index (χ0) is 12.4. The number of nitrogens with one attached hydrogen (secondary N) is 1. The summed E-state index contributed by atoms with van der Waals surface area (Å²) >= 11 is 3.34. The largest absolute Gasteiger partial charge is 0.382 e. The Hall–Kier alpha value is -1.82. The molecular weight excluding hydrogens is 284 g/mol. The van der Waals surface area contributed by atoms with E-state index >= 15 is 0 Å². The fraction of sp³-hybridized carbons (Fsp3) is 0.0909. The van der Waals surface area contributed by atoms with Crippen LogP contribution in [0, 0.1) is 0 Å². The first-order valence-corrected chi connectivity index (χ1v) is 5.71. The first-order valence-electron chi connectivity index (χ1n) is 4.91. The van der Waals surface area contributed by atoms with Crippen LogP contribution in [0.3, 0.4) is 0 Å². The van der Waals surface area contributed by atoms with Gasteiger partial charge in [0.05, 0.1) is 6.33 Å². The number of carbonyl (C=O) groups is 1. The number of aryl methyl sites for hydroxylation is 1. The summed E-state index contributed by atoms with van der Waals surface area (Å²) in [5.74, 6) is -0.0550. The Morgan fingerprint density at radius 2 is 2.29 bits per heavy atom. The van der Waals surface area contributed by atoms with E-state index in [9.17, 15) is 4.79 Å². The summed E-state index contributed by atoms with van der Waals surface area (Å²) in [6.45, 7) is 0. The van der Waals surface area contributed by atoms with Crippen LogP contribution in [0.25, 0.3) is 0 Å². The van der Waals surface area contributed by atoms with Crippen LogP contribution in [0.4, 0.5) is 11.5 Å². The van der Waals surface area contributed by atoms with Gasteiger partial charge in [-0.3, -0.25) is 4.79 Å². The molecule has 1 heterocycles. The van der Waals surface area contributed by atoms with E-state index in [1.807, 2.05) is 18.2 Å². The zero-order valence-corrected chi connectivity index (χ0v) is 10.7. The SMILES string of the molecule is Cn1cnc(N)c1C(=O)Nc1cccc(Br)c1. The van der Waals surface area contributed by atoms with Crippen molar-refractivity contribution in [3.63, 3.8) is 0 Å². The minimum atomic E-state index is -0.277. The second kappa shape index (κ2) is 4.58. The van der Waals surface area contributed by atoms with Gasteiger partial charge in [-0.05, 0) is 18.2 Å². The summed E-state index contributed by atoms with van der Waals surface area (Å²) in [5, 5.41) is 2.76. The van der Waals surface area contributed by atoms with Crippen molar-refractivity contribution in [1.29, 1.82) is 0 Å². The topological polar surface area (TPSA) is 72.9 Å². The number of hydrogen-bond acceptors (Lipinski definition) is 3. The molecule has 2 rings (SSSR count). The van der Waals surface area contributed by atoms with Crippen LogP contribution in [0.15, 0.2) is 35.1 Å². The normalized spacial score (nSPS) is 10.2. The highest BCUT2D eigenvalue weighted by molar-refractivity contribution is 9.10. The minimum Gasteiger partial charge on any atom is -0.382 e. The van der Waals surface area contributed by atoms with Gasteiger partial charge in [-0.1, -0.05) is 22.0 Å². The van der Waals surface area contributed by atoms with Crippen LogP contribution < -0.4 is 11.1 Å². The number of imidazole rings is 1. The van der Waals surface area contributed by atoms with Crippen molar-refractivity contribution in [2.24, 2.45) is 7.05 Å². The predicted molar refractivity (Wildman–Crippen MR) is 69.7 cm³/mol. The van der Waals surface area contributed by atoms with E-state index in [1.54, 1.807) is 17.7 Å². The van der Waals surface area contributed by atoms with Gasteiger partial charge in [-0.2, -0.15) is 0 Å². The molecule has 0 aliphatic carbocycles. The third kappa shape index (κ3) is 2.47. The van der Waals surface area contributed by atoms with Crippen LogP contribution in [0.2, 0.25) is 0 Å². The molecule has 0 spiro atoms. The maximum Gasteiger partial charge on any atom is 0.276 e. The van der Waals surface area contributed by atoms with Crippen molar-refractivity contribution >= 4 is 33.3 Å². The number of amides is 1. The highest BCUT2D eigenvalue weighted by Crippen LogP contribution is 2.17. The summed E-state index contributed by atoms with van der Waals surface area (Å²) in [7, 11) is 1.72. The summed E-state index contributed by atoms with van der Waals surface area (Å²) in [4.78, 5) is 15.8. The second-order valence-electron chi connectivity index (χ2n) is 3.55. The van der Waals surface area contributed by atoms with Gasteiger partial charge < -0.3 is 15.6 Å². The number of carbonyl (C=O) groups excluding carboxylic acids is 1. The Kier molecular flexibility index (Phi) is 3.14. The maximum absolute atomic E-state index is 12.0. The van der Waals surface area contributed by atoms with Gasteiger partial charge in [0.1, 0.15) is 0 Å². The van der Waals surface area contributed by atoms with Crippen molar-refractivity contribution in [3.05, 3.63) is 40.8 Å². The van der Waals surface area contributed by atoms with E-state index < -0.39 is 0 Å². The van der Waals surface area contributed by atoms with E-state index in [4.69, 9.17) is 5.73 Å². The van der Waals surface area contributed by atoms with Crippen LogP contribution >= 0.6 is 15.9 Å². The Morgan fingerprint density at radius 3 is 2.88 bits per heavy atom. The minimum absolute atomic E-state index is 0.222. The number of benzene rings is 1. The van der Waals surface area contributed by atoms with Crippen LogP contribution in [-0.4, -0.2) is 15.5 Å². The summed E-state index contributed by atoms with van der Waals surface area (Å²) in [5.41, 5.74) is 6.67. The number of nitrogens with two attached hydrogens (primary N) is 1. The molecule has 0 atom stereocenters. The lowest BCUT2D eigenvalue weighted by atomic mass is 10.3. The fourth-order valence-electron chi connectivity index (χ4n) is 1.48. The Balaban J connectivity index is 2.23. The molecule has 0 fully saturated rings. The van der Waals surface area contributed by atoms with Gasteiger partial charge >= 0.3 is 0 Å². The quantitative estimate of drug-likeness (QED) is 0.890. The second-order valence-corrected chi connectivity index (χ2v) is 4.47. The summed E-state index contributed by atoms with van der Waals surface area (Å²) in [6, 6.07) is 7.33. The molecule has 17 heavy (non-hydrogen) atoms. The van der Waals surface area contributed by atoms with Crippen molar-refractivity contribution in [3.8, 4) is 0 Å². The van der Waals surface area contributed by atoms with Crippen LogP contribution in [-0.2, 0) is 7.05 Å². The fourth-order valence-corrected chi connectivity index (χ4v) is 1.88. The zero-order valence-electron chi connectivity index (χ0n) is 9.14. The van der Waals surface area contributed by atoms with Gasteiger partial charge in [-0.25, -0.2) is 4.98 Å². The average molecular weight is 295 g/mol. The molecule has 1 aromatic carbocycles. The standard InChI is InChI=1S/C11H11BrN4O/c1-16-6-14-10(13)9(16)11(17)15-8-4-2-3-7(12)5-8/h2-6H,13H2,1H3,(H,15,17). The third-order valence-electron chi connectivity index (χ3n) is 2.26. The molecular formula is C11H11BrN4O. The Labute approximate surface area is 107 Å². The number of rotatable bonds is 2. The number of nitrogens with zero attached hydrogens (tertiary/aromatic N) is 2. The van der Waals surface area contributed by atoms with E-state index in [2.05, 4.69) is 26.2 Å². The molecule has 0 saturated heterocycles. The Bertz CT molecular complexity index is 545. The van der Waals surface area contributed by atoms with E-state index in [0.717, 1.165) is 4.47 Å². The molecule has 2 aromatic rings. The number of hydrogen-bond donors (Lipinski definition) is 2. The lowest BCUT2D eigenvalue weighted by molar-refractivity contribution is 0.102. The molecule has 1 aromatic heterocycles. The van der Waals surface area contributed by atoms with Crippen molar-refractivity contribution < 1.29 is 4.79 Å². The first kappa shape index (κ1) is 11.7. The van der Waals surface area contributed by atoms with Gasteiger partial charge in [-0.15, -0.1) is 0 Å². The molecule has 0 aliphatic rings. The van der Waals surface area contributed by atoms with Crippen molar-refractivity contribution in [2.75, 3.05) is 11.1 Å². The Morgan fingerprint density at radius 1 is 1.53 bits per heavy atom. The van der Waals surface area contributed by atoms with Crippen molar-refractivity contribution in [1.82, 2.24) is 9.55 Å². The van der Waals surface area contributed by atoms with Crippen LogP contribution in [0.5, 0.6) is 0 Å². The maximum atomic E-state index is 12.0. The van der Waals surface area contributed by atoms with E-state index in [0.29, 0.717) is 11.4 Å². The van der Waals surface area contributed by atoms with Crippen LogP contribution in [0.1, 0.15) is 10.5 Å². The van der Waals surface area contributed by atoms with E-state index in [1.165, 1.54) is 6.33 Å². The number of halogens is 1. The number of anilines is 2. The number of aromatic nitrogens is 2. The highest BCUT2D eigenvalue weighted by Gasteiger charge is 2.14. The summed E-state index contributed by atoms with van der Waals surface area (Å²) < 4.78 is 2.48. The van der Waals surface area contributed by atoms with Gasteiger partial charge in [0.15, 0.2) is 11.5 Å². The predicted octanol–water partition coefficient (Wildman–Crippen LogP) is 2.02. The van der Waals surface area contributed by atoms with Gasteiger partial charge in [0.25, 0.3) is 5.91 Å². The monoisotopic (exact) mass is 294 g/mol. The molecule has 0 radical (unpaired) electrons. The first-order chi connectivity index (χ1) is 8.08. The molecule has 0 bridgehead atoms. The van der Waals surface area contributed by atoms with Crippen molar-refractivity contribution in [2.45, 2.75) is 0 Å². The molecule has 5 nitrogen and oxygen atoms in total. The molecule has 3 N–H and O–H groups in total. The van der Waals surface area contributed by atoms with Gasteiger partial charge in [0.2, 0.25) is 0 Å². The third-order valence-corrected chi connectivity index (χ3v) is 2.76. The molecule has 6 heteroatoms. The molecule has 1 amide bonds. The molecule has 0 aliphatic heterocycles. The molecule has 88 valence electrons. The lowest BCUT2D eigenvalue weighted by Gasteiger charge is -2.06. The molecule has 0 unspecified atom stereocenters. The van der Waals surface area contributed by atoms with E-state index in [-0.39, 0.29) is 11.7 Å². The smallest absolute Gasteiger partial charge is 0.276 e. The lowest BCUT2D eigenvalue weighted by Crippen LogP contribution is -2.17. The highest BCUT2D eigenvalue weighted by atomic mass is 79.9. The number of nitrogen functional groups attached to an aromatic ring is 1. The molecule has 0 saturated carbocycles. The van der Waals surface area contributed by atoms with Gasteiger partial charge in [0, 0.05) is 17.2 Å².